The van der Waals surface area contributed by atoms with Crippen LogP contribution in [0.4, 0.5) is 0 Å². The van der Waals surface area contributed by atoms with Gasteiger partial charge in [0, 0.05) is 24.1 Å². The van der Waals surface area contributed by atoms with E-state index in [1.165, 1.54) is 38.9 Å². The van der Waals surface area contributed by atoms with Crippen molar-refractivity contribution in [1.82, 2.24) is 9.55 Å². The van der Waals surface area contributed by atoms with Crippen molar-refractivity contribution in [1.29, 1.82) is 5.26 Å². The Balaban J connectivity index is 1.60. The molecule has 3 nitrogen and oxygen atoms in total. The van der Waals surface area contributed by atoms with Gasteiger partial charge >= 0.3 is 0 Å². The minimum absolute atomic E-state index is 0.777. The highest BCUT2D eigenvalue weighted by Gasteiger charge is 2.21. The van der Waals surface area contributed by atoms with Crippen LogP contribution < -0.4 is 0 Å². The molecule has 164 valence electrons. The Kier molecular flexibility index (Phi) is 5.60. The Labute approximate surface area is 196 Å². The largest absolute Gasteiger partial charge is 0.323 e. The number of hydrogen-bond donors (Lipinski definition) is 0. The number of aryl methyl sites for hydroxylation is 4. The van der Waals surface area contributed by atoms with Gasteiger partial charge in [-0.2, -0.15) is 5.26 Å². The highest BCUT2D eigenvalue weighted by Crippen LogP contribution is 2.36. The van der Waals surface area contributed by atoms with Crippen LogP contribution in [0.25, 0.3) is 16.6 Å². The Morgan fingerprint density at radius 2 is 1.79 bits per heavy atom. The first kappa shape index (κ1) is 21.2. The van der Waals surface area contributed by atoms with Crippen LogP contribution in [0.2, 0.25) is 0 Å². The van der Waals surface area contributed by atoms with E-state index in [4.69, 9.17) is 4.98 Å². The summed E-state index contributed by atoms with van der Waals surface area (Å²) in [6.45, 7) is 7.10. The molecule has 4 aromatic rings. The predicted octanol–water partition coefficient (Wildman–Crippen LogP) is 6.79. The number of rotatable bonds is 4. The first-order valence-corrected chi connectivity index (χ1v) is 11.9. The Hall–Kier alpha value is -3.64. The molecule has 1 heterocycles. The molecule has 0 spiro atoms. The highest BCUT2D eigenvalue weighted by atomic mass is 15.1. The summed E-state index contributed by atoms with van der Waals surface area (Å²) < 4.78 is 2.39. The van der Waals surface area contributed by atoms with E-state index in [-0.39, 0.29) is 0 Å². The number of hydrogen-bond acceptors (Lipinski definition) is 2. The molecule has 33 heavy (non-hydrogen) atoms. The van der Waals surface area contributed by atoms with Crippen LogP contribution in [-0.4, -0.2) is 9.55 Å². The molecule has 1 aromatic heterocycles. The molecule has 0 bridgehead atoms. The maximum absolute atomic E-state index is 9.74. The molecule has 0 radical (unpaired) electrons. The lowest BCUT2D eigenvalue weighted by Crippen LogP contribution is -2.06. The van der Waals surface area contributed by atoms with Gasteiger partial charge in [0.15, 0.2) is 0 Å². The van der Waals surface area contributed by atoms with Crippen molar-refractivity contribution >= 4 is 16.6 Å². The lowest BCUT2D eigenvalue weighted by atomic mass is 9.90. The van der Waals surface area contributed by atoms with Crippen LogP contribution in [0.15, 0.2) is 66.2 Å². The Bertz CT molecular complexity index is 1430. The van der Waals surface area contributed by atoms with E-state index in [0.717, 1.165) is 54.7 Å². The number of nitrogens with zero attached hydrogens (tertiary/aromatic N) is 3. The molecule has 0 unspecified atom stereocenters. The van der Waals surface area contributed by atoms with Crippen molar-refractivity contribution in [2.24, 2.45) is 0 Å². The molecular weight excluding hydrogens is 402 g/mol. The molecule has 0 saturated heterocycles. The number of fused-ring (bicyclic) bond motifs is 3. The Morgan fingerprint density at radius 3 is 2.61 bits per heavy atom. The quantitative estimate of drug-likeness (QED) is 0.334. The van der Waals surface area contributed by atoms with Crippen LogP contribution in [0.1, 0.15) is 59.5 Å². The van der Waals surface area contributed by atoms with Crippen LogP contribution >= 0.6 is 0 Å². The van der Waals surface area contributed by atoms with E-state index in [1.807, 2.05) is 6.92 Å². The smallest absolute Gasteiger partial charge is 0.110 e. The van der Waals surface area contributed by atoms with E-state index in [0.29, 0.717) is 0 Å². The lowest BCUT2D eigenvalue weighted by Gasteiger charge is -2.15. The molecule has 0 fully saturated rings. The molecule has 1 aliphatic carbocycles. The standard InChI is InChI=1S/C30H29N3/c1-4-8-28-32-30-20(2)9-7-12-27(30)33(28)19-22-13-16-26-24(17-22)15-14-23-10-5-6-11-25(23)29(26)21(3)18-31/h5-7,9-13,16-17H,4,8,14-15,19H2,1-3H3/b29-21+. The van der Waals surface area contributed by atoms with E-state index in [1.54, 1.807) is 0 Å². The summed E-state index contributed by atoms with van der Waals surface area (Å²) in [5, 5.41) is 9.74. The second-order valence-corrected chi connectivity index (χ2v) is 9.07. The predicted molar refractivity (Wildman–Crippen MR) is 135 cm³/mol. The molecule has 3 aromatic carbocycles. The summed E-state index contributed by atoms with van der Waals surface area (Å²) in [5.74, 6) is 1.16. The lowest BCUT2D eigenvalue weighted by molar-refractivity contribution is 0.721. The molecule has 0 N–H and O–H groups in total. The van der Waals surface area contributed by atoms with Crippen molar-refractivity contribution < 1.29 is 0 Å². The Morgan fingerprint density at radius 1 is 1.00 bits per heavy atom. The molecular formula is C30H29N3. The van der Waals surface area contributed by atoms with Crippen molar-refractivity contribution in [3.05, 3.63) is 105 Å². The minimum Gasteiger partial charge on any atom is -0.323 e. The molecule has 5 rings (SSSR count). The average molecular weight is 432 g/mol. The number of allylic oxidation sites excluding steroid dienone is 1. The van der Waals surface area contributed by atoms with Crippen molar-refractivity contribution in [2.75, 3.05) is 0 Å². The monoisotopic (exact) mass is 431 g/mol. The number of nitriles is 1. The molecule has 0 atom stereocenters. The third-order valence-corrected chi connectivity index (χ3v) is 6.81. The first-order valence-electron chi connectivity index (χ1n) is 11.9. The van der Waals surface area contributed by atoms with Gasteiger partial charge in [-0.3, -0.25) is 0 Å². The van der Waals surface area contributed by atoms with Gasteiger partial charge in [-0.25, -0.2) is 4.98 Å². The zero-order valence-corrected chi connectivity index (χ0v) is 19.7. The van der Waals surface area contributed by atoms with Gasteiger partial charge in [0.2, 0.25) is 0 Å². The molecule has 3 heteroatoms. The highest BCUT2D eigenvalue weighted by molar-refractivity contribution is 5.87. The topological polar surface area (TPSA) is 41.6 Å². The van der Waals surface area contributed by atoms with Crippen LogP contribution in [-0.2, 0) is 25.8 Å². The van der Waals surface area contributed by atoms with Gasteiger partial charge in [-0.05, 0) is 72.6 Å². The fourth-order valence-corrected chi connectivity index (χ4v) is 5.16. The summed E-state index contributed by atoms with van der Waals surface area (Å²) in [7, 11) is 0. The zero-order chi connectivity index (χ0) is 22.9. The third-order valence-electron chi connectivity index (χ3n) is 6.81. The maximum Gasteiger partial charge on any atom is 0.110 e. The van der Waals surface area contributed by atoms with Crippen LogP contribution in [0.3, 0.4) is 0 Å². The summed E-state index contributed by atoms with van der Waals surface area (Å²) in [6, 6.07) is 24.2. The van der Waals surface area contributed by atoms with Gasteiger partial charge in [-0.1, -0.05) is 61.5 Å². The minimum atomic E-state index is 0.777. The van der Waals surface area contributed by atoms with Crippen LogP contribution in [0, 0.1) is 18.3 Å². The van der Waals surface area contributed by atoms with Crippen molar-refractivity contribution in [3.8, 4) is 6.07 Å². The second-order valence-electron chi connectivity index (χ2n) is 9.07. The molecule has 0 aliphatic heterocycles. The summed E-state index contributed by atoms with van der Waals surface area (Å²) in [4.78, 5) is 4.99. The van der Waals surface area contributed by atoms with Gasteiger partial charge in [-0.15, -0.1) is 0 Å². The van der Waals surface area contributed by atoms with Gasteiger partial charge < -0.3 is 4.57 Å². The fourth-order valence-electron chi connectivity index (χ4n) is 5.16. The second kappa shape index (κ2) is 8.71. The van der Waals surface area contributed by atoms with E-state index in [9.17, 15) is 5.26 Å². The molecule has 0 saturated carbocycles. The summed E-state index contributed by atoms with van der Waals surface area (Å²) >= 11 is 0. The number of aromatic nitrogens is 2. The molecule has 0 amide bonds. The summed E-state index contributed by atoms with van der Waals surface area (Å²) in [6.07, 6.45) is 4.02. The van der Waals surface area contributed by atoms with E-state index >= 15 is 0 Å². The number of imidazole rings is 1. The fraction of sp³-hybridized carbons (Fsp3) is 0.267. The van der Waals surface area contributed by atoms with Gasteiger partial charge in [0.1, 0.15) is 5.82 Å². The van der Waals surface area contributed by atoms with Gasteiger partial charge in [0.25, 0.3) is 0 Å². The molecule has 1 aliphatic rings. The van der Waals surface area contributed by atoms with E-state index < -0.39 is 0 Å². The third kappa shape index (κ3) is 3.76. The van der Waals surface area contributed by atoms with Crippen molar-refractivity contribution in [3.63, 3.8) is 0 Å². The average Bonchev–Trinajstić information content (AvgIpc) is 3.08. The van der Waals surface area contributed by atoms with Crippen LogP contribution in [0.5, 0.6) is 0 Å². The normalized spacial score (nSPS) is 14.4. The van der Waals surface area contributed by atoms with Crippen molar-refractivity contribution in [2.45, 2.75) is 53.0 Å². The number of para-hydroxylation sites is 1. The van der Waals surface area contributed by atoms with Gasteiger partial charge in [0.05, 0.1) is 17.1 Å². The first-order chi connectivity index (χ1) is 16.1. The SMILES string of the molecule is CCCc1nc2c(C)cccc2n1Cc1ccc2c(c1)CCc1ccccc1/C2=C(/C)C#N. The maximum atomic E-state index is 9.74. The summed E-state index contributed by atoms with van der Waals surface area (Å²) in [5.41, 5.74) is 11.7. The number of benzene rings is 3. The van der Waals surface area contributed by atoms with E-state index in [2.05, 4.69) is 85.1 Å². The zero-order valence-electron chi connectivity index (χ0n) is 19.7.